The second-order valence-electron chi connectivity index (χ2n) is 7.09. The number of likely N-dealkylation sites (tertiary alicyclic amines) is 1. The summed E-state index contributed by atoms with van der Waals surface area (Å²) in [6.07, 6.45) is 2.17. The van der Waals surface area contributed by atoms with Crippen LogP contribution in [0.4, 0.5) is 0 Å². The summed E-state index contributed by atoms with van der Waals surface area (Å²) in [4.78, 5) is 13.8. The number of carbonyl (C=O) groups excluding carboxylic acids is 1. The van der Waals surface area contributed by atoms with Crippen molar-refractivity contribution in [3.05, 3.63) is 59.2 Å². The van der Waals surface area contributed by atoms with Gasteiger partial charge in [-0.1, -0.05) is 24.3 Å². The molecular formula is C22H29N2O3+. The monoisotopic (exact) mass is 369 g/mol. The van der Waals surface area contributed by atoms with E-state index in [2.05, 4.69) is 30.4 Å². The van der Waals surface area contributed by atoms with Crippen LogP contribution >= 0.6 is 0 Å². The van der Waals surface area contributed by atoms with Crippen LogP contribution in [0.15, 0.2) is 42.5 Å². The molecule has 0 saturated carbocycles. The average molecular weight is 369 g/mol. The summed E-state index contributed by atoms with van der Waals surface area (Å²) in [5, 5.41) is 3.07. The van der Waals surface area contributed by atoms with E-state index in [-0.39, 0.29) is 11.9 Å². The molecule has 144 valence electrons. The van der Waals surface area contributed by atoms with E-state index in [1.54, 1.807) is 14.2 Å². The summed E-state index contributed by atoms with van der Waals surface area (Å²) in [6.45, 7) is 4.12. The summed E-state index contributed by atoms with van der Waals surface area (Å²) in [5.41, 5.74) is 3.51. The van der Waals surface area contributed by atoms with Gasteiger partial charge in [0.1, 0.15) is 17.5 Å². The van der Waals surface area contributed by atoms with Crippen molar-refractivity contribution in [1.29, 1.82) is 0 Å². The molecule has 0 radical (unpaired) electrons. The van der Waals surface area contributed by atoms with E-state index < -0.39 is 0 Å². The molecule has 1 saturated heterocycles. The lowest BCUT2D eigenvalue weighted by atomic mass is 10.0. The Labute approximate surface area is 161 Å². The number of rotatable bonds is 7. The van der Waals surface area contributed by atoms with Gasteiger partial charge in [-0.2, -0.15) is 0 Å². The second kappa shape index (κ2) is 8.91. The van der Waals surface area contributed by atoms with Crippen LogP contribution in [0.2, 0.25) is 0 Å². The maximum atomic E-state index is 12.5. The Balaban J connectivity index is 1.64. The number of aryl methyl sites for hydroxylation is 1. The highest BCUT2D eigenvalue weighted by molar-refractivity contribution is 5.76. The van der Waals surface area contributed by atoms with E-state index in [4.69, 9.17) is 9.47 Å². The van der Waals surface area contributed by atoms with Gasteiger partial charge in [-0.3, -0.25) is 4.79 Å². The summed E-state index contributed by atoms with van der Waals surface area (Å²) in [6, 6.07) is 14.4. The van der Waals surface area contributed by atoms with Crippen LogP contribution in [0, 0.1) is 6.92 Å². The Kier molecular flexibility index (Phi) is 6.35. The van der Waals surface area contributed by atoms with Crippen LogP contribution in [-0.4, -0.2) is 33.2 Å². The number of amides is 1. The molecule has 1 unspecified atom stereocenters. The summed E-state index contributed by atoms with van der Waals surface area (Å²) < 4.78 is 10.9. The molecule has 5 heteroatoms. The number of benzene rings is 2. The fourth-order valence-corrected chi connectivity index (χ4v) is 3.88. The highest BCUT2D eigenvalue weighted by Crippen LogP contribution is 2.31. The third kappa shape index (κ3) is 4.61. The minimum Gasteiger partial charge on any atom is -0.497 e. The van der Waals surface area contributed by atoms with Gasteiger partial charge in [0, 0.05) is 25.5 Å². The number of quaternary nitrogens is 1. The molecule has 0 spiro atoms. The molecule has 1 fully saturated rings. The second-order valence-corrected chi connectivity index (χ2v) is 7.09. The van der Waals surface area contributed by atoms with Gasteiger partial charge in [-0.05, 0) is 30.2 Å². The molecule has 2 N–H and O–H groups in total. The maximum absolute atomic E-state index is 12.5. The minimum absolute atomic E-state index is 0.0904. The van der Waals surface area contributed by atoms with Gasteiger partial charge in [0.25, 0.3) is 5.91 Å². The zero-order chi connectivity index (χ0) is 19.2. The van der Waals surface area contributed by atoms with Crippen molar-refractivity contribution in [2.75, 3.05) is 27.3 Å². The van der Waals surface area contributed by atoms with E-state index in [0.29, 0.717) is 13.1 Å². The molecule has 2 aromatic carbocycles. The van der Waals surface area contributed by atoms with Crippen LogP contribution in [0.25, 0.3) is 0 Å². The van der Waals surface area contributed by atoms with Crippen LogP contribution in [-0.2, 0) is 11.3 Å². The van der Waals surface area contributed by atoms with Crippen molar-refractivity contribution in [1.82, 2.24) is 5.32 Å². The SMILES string of the molecule is COc1ccc([C@@H]2CCC[NH+]2CC(=O)NCc2ccccc2C)c(OC)c1. The summed E-state index contributed by atoms with van der Waals surface area (Å²) in [7, 11) is 3.34. The van der Waals surface area contributed by atoms with E-state index in [1.807, 2.05) is 24.3 Å². The van der Waals surface area contributed by atoms with Gasteiger partial charge < -0.3 is 19.7 Å². The van der Waals surface area contributed by atoms with Gasteiger partial charge in [0.15, 0.2) is 6.54 Å². The van der Waals surface area contributed by atoms with Crippen LogP contribution in [0.5, 0.6) is 11.5 Å². The van der Waals surface area contributed by atoms with Crippen molar-refractivity contribution in [3.63, 3.8) is 0 Å². The Morgan fingerprint density at radius 2 is 2.00 bits per heavy atom. The Bertz CT molecular complexity index is 791. The van der Waals surface area contributed by atoms with Crippen LogP contribution < -0.4 is 19.7 Å². The molecule has 0 bridgehead atoms. The Hall–Kier alpha value is -2.53. The number of hydrogen-bond donors (Lipinski definition) is 2. The molecule has 2 atom stereocenters. The predicted octanol–water partition coefficient (Wildman–Crippen LogP) is 2.05. The van der Waals surface area contributed by atoms with Gasteiger partial charge in [-0.15, -0.1) is 0 Å². The Morgan fingerprint density at radius 1 is 1.19 bits per heavy atom. The molecule has 2 aromatic rings. The van der Waals surface area contributed by atoms with Crippen LogP contribution in [0.3, 0.4) is 0 Å². The molecule has 1 heterocycles. The molecule has 27 heavy (non-hydrogen) atoms. The van der Waals surface area contributed by atoms with Gasteiger partial charge in [-0.25, -0.2) is 0 Å². The van der Waals surface area contributed by atoms with Crippen LogP contribution in [0.1, 0.15) is 35.6 Å². The number of carbonyl (C=O) groups is 1. The molecule has 5 nitrogen and oxygen atoms in total. The van der Waals surface area contributed by atoms with E-state index in [0.717, 1.165) is 42.0 Å². The molecule has 1 aliphatic rings. The molecule has 0 aliphatic carbocycles. The van der Waals surface area contributed by atoms with Crippen molar-refractivity contribution < 1.29 is 19.2 Å². The maximum Gasteiger partial charge on any atom is 0.275 e. The van der Waals surface area contributed by atoms with Crippen molar-refractivity contribution in [3.8, 4) is 11.5 Å². The lowest BCUT2D eigenvalue weighted by molar-refractivity contribution is -0.910. The Morgan fingerprint density at radius 3 is 2.74 bits per heavy atom. The lowest BCUT2D eigenvalue weighted by Gasteiger charge is -2.23. The smallest absolute Gasteiger partial charge is 0.275 e. The number of nitrogens with one attached hydrogen (secondary N) is 2. The third-order valence-electron chi connectivity index (χ3n) is 5.42. The number of methoxy groups -OCH3 is 2. The fraction of sp³-hybridized carbons (Fsp3) is 0.409. The fourth-order valence-electron chi connectivity index (χ4n) is 3.88. The molecule has 1 amide bonds. The predicted molar refractivity (Wildman–Crippen MR) is 105 cm³/mol. The molecule has 3 rings (SSSR count). The van der Waals surface area contributed by atoms with Gasteiger partial charge >= 0.3 is 0 Å². The summed E-state index contributed by atoms with van der Waals surface area (Å²) in [5.74, 6) is 1.71. The zero-order valence-corrected chi connectivity index (χ0v) is 16.4. The van der Waals surface area contributed by atoms with Gasteiger partial charge in [0.05, 0.1) is 26.3 Å². The van der Waals surface area contributed by atoms with E-state index >= 15 is 0 Å². The van der Waals surface area contributed by atoms with Gasteiger partial charge in [0.2, 0.25) is 0 Å². The first-order valence-corrected chi connectivity index (χ1v) is 9.50. The van der Waals surface area contributed by atoms with Crippen molar-refractivity contribution in [2.24, 2.45) is 0 Å². The topological polar surface area (TPSA) is 52.0 Å². The highest BCUT2D eigenvalue weighted by Gasteiger charge is 2.33. The minimum atomic E-state index is 0.0904. The third-order valence-corrected chi connectivity index (χ3v) is 5.42. The lowest BCUT2D eigenvalue weighted by Crippen LogP contribution is -3.11. The summed E-state index contributed by atoms with van der Waals surface area (Å²) >= 11 is 0. The first kappa shape index (κ1) is 19.2. The molecule has 0 aromatic heterocycles. The first-order chi connectivity index (χ1) is 13.1. The van der Waals surface area contributed by atoms with E-state index in [1.165, 1.54) is 10.5 Å². The van der Waals surface area contributed by atoms with Crippen molar-refractivity contribution in [2.45, 2.75) is 32.4 Å². The van der Waals surface area contributed by atoms with E-state index in [9.17, 15) is 4.79 Å². The number of hydrogen-bond acceptors (Lipinski definition) is 3. The highest BCUT2D eigenvalue weighted by atomic mass is 16.5. The molecule has 1 aliphatic heterocycles. The first-order valence-electron chi connectivity index (χ1n) is 9.50. The zero-order valence-electron chi connectivity index (χ0n) is 16.4. The largest absolute Gasteiger partial charge is 0.497 e. The quantitative estimate of drug-likeness (QED) is 0.785. The normalized spacial score (nSPS) is 18.9. The standard InChI is InChI=1S/C22H28N2O3/c1-16-7-4-5-8-17(16)14-23-22(25)15-24-12-6-9-20(24)19-11-10-18(26-2)13-21(19)27-3/h4-5,7-8,10-11,13,20H,6,9,12,14-15H2,1-3H3,(H,23,25)/p+1/t20-/m0/s1. The average Bonchev–Trinajstić information content (AvgIpc) is 3.14. The van der Waals surface area contributed by atoms with Crippen molar-refractivity contribution >= 4 is 5.91 Å². The number of ether oxygens (including phenoxy) is 2. The molecular weight excluding hydrogens is 340 g/mol.